The van der Waals surface area contributed by atoms with E-state index in [4.69, 9.17) is 11.6 Å². The average Bonchev–Trinajstić information content (AvgIpc) is 2.45. The molecule has 2 nitrogen and oxygen atoms in total. The van der Waals surface area contributed by atoms with E-state index in [1.54, 1.807) is 0 Å². The predicted octanol–water partition coefficient (Wildman–Crippen LogP) is 4.91. The maximum Gasteiger partial charge on any atom is 0.0646 e. The zero-order chi connectivity index (χ0) is 15.4. The van der Waals surface area contributed by atoms with E-state index in [0.717, 1.165) is 17.3 Å². The van der Waals surface area contributed by atoms with Crippen LogP contribution in [-0.4, -0.2) is 13.1 Å². The minimum atomic E-state index is 0.445. The van der Waals surface area contributed by atoms with Crippen molar-refractivity contribution in [3.63, 3.8) is 0 Å². The Morgan fingerprint density at radius 1 is 1.10 bits per heavy atom. The van der Waals surface area contributed by atoms with Crippen molar-refractivity contribution in [1.82, 2.24) is 5.32 Å². The molecule has 3 heteroatoms. The Morgan fingerprint density at radius 2 is 1.81 bits per heavy atom. The van der Waals surface area contributed by atoms with Crippen LogP contribution in [0, 0.1) is 6.92 Å². The fourth-order valence-corrected chi connectivity index (χ4v) is 2.77. The molecule has 2 aromatic carbocycles. The highest BCUT2D eigenvalue weighted by molar-refractivity contribution is 6.33. The Balaban J connectivity index is 2.40. The van der Waals surface area contributed by atoms with E-state index < -0.39 is 0 Å². The van der Waals surface area contributed by atoms with Crippen LogP contribution in [0.3, 0.4) is 0 Å². The molecule has 0 aliphatic carbocycles. The number of rotatable bonds is 5. The largest absolute Gasteiger partial charge is 0.343 e. The van der Waals surface area contributed by atoms with E-state index in [1.807, 2.05) is 12.1 Å². The summed E-state index contributed by atoms with van der Waals surface area (Å²) in [6, 6.07) is 14.9. The fourth-order valence-electron chi connectivity index (χ4n) is 2.45. The van der Waals surface area contributed by atoms with E-state index in [2.05, 4.69) is 68.4 Å². The second-order valence-electron chi connectivity index (χ2n) is 5.63. The van der Waals surface area contributed by atoms with Crippen LogP contribution in [0.15, 0.2) is 42.5 Å². The number of para-hydroxylation sites is 2. The summed E-state index contributed by atoms with van der Waals surface area (Å²) in [5.41, 5.74) is 4.70. The van der Waals surface area contributed by atoms with Gasteiger partial charge in [0.15, 0.2) is 0 Å². The summed E-state index contributed by atoms with van der Waals surface area (Å²) < 4.78 is 0. The van der Waals surface area contributed by atoms with Crippen LogP contribution in [0.1, 0.15) is 25.0 Å². The van der Waals surface area contributed by atoms with Gasteiger partial charge in [0.05, 0.1) is 10.7 Å². The Morgan fingerprint density at radius 3 is 2.48 bits per heavy atom. The summed E-state index contributed by atoms with van der Waals surface area (Å²) in [5.74, 6) is 0. The molecular formula is C18H23ClN2. The number of hydrogen-bond donors (Lipinski definition) is 1. The second-order valence-corrected chi connectivity index (χ2v) is 6.04. The SMILES string of the molecule is Cc1ccccc1N(C)c1c(Cl)cccc1CNC(C)C. The van der Waals surface area contributed by atoms with E-state index in [0.29, 0.717) is 6.04 Å². The van der Waals surface area contributed by atoms with E-state index in [9.17, 15) is 0 Å². The molecule has 2 aromatic rings. The first kappa shape index (κ1) is 15.9. The molecule has 0 heterocycles. The third kappa shape index (κ3) is 3.78. The average molecular weight is 303 g/mol. The summed E-state index contributed by atoms with van der Waals surface area (Å²) in [4.78, 5) is 2.18. The normalized spacial score (nSPS) is 11.0. The molecule has 0 atom stereocenters. The highest BCUT2D eigenvalue weighted by atomic mass is 35.5. The molecule has 2 rings (SSSR count). The number of nitrogens with zero attached hydrogens (tertiary/aromatic N) is 1. The minimum Gasteiger partial charge on any atom is -0.343 e. The molecule has 21 heavy (non-hydrogen) atoms. The highest BCUT2D eigenvalue weighted by Crippen LogP contribution is 2.35. The summed E-state index contributed by atoms with van der Waals surface area (Å²) in [6.07, 6.45) is 0. The lowest BCUT2D eigenvalue weighted by Crippen LogP contribution is -2.23. The van der Waals surface area contributed by atoms with Gasteiger partial charge in [-0.2, -0.15) is 0 Å². The fraction of sp³-hybridized carbons (Fsp3) is 0.333. The standard InChI is InChI=1S/C18H23ClN2/c1-13(2)20-12-15-9-7-10-16(19)18(15)21(4)17-11-6-5-8-14(17)3/h5-11,13,20H,12H2,1-4H3. The van der Waals surface area contributed by atoms with E-state index in [-0.39, 0.29) is 0 Å². The van der Waals surface area contributed by atoms with Gasteiger partial charge in [0.25, 0.3) is 0 Å². The first-order valence-corrected chi connectivity index (χ1v) is 7.68. The molecule has 0 radical (unpaired) electrons. The first-order valence-electron chi connectivity index (χ1n) is 7.31. The Labute approximate surface area is 132 Å². The third-order valence-electron chi connectivity index (χ3n) is 3.58. The maximum absolute atomic E-state index is 6.47. The molecule has 0 saturated carbocycles. The number of hydrogen-bond acceptors (Lipinski definition) is 2. The van der Waals surface area contributed by atoms with Crippen molar-refractivity contribution in [3.05, 3.63) is 58.6 Å². The van der Waals surface area contributed by atoms with Crippen molar-refractivity contribution >= 4 is 23.0 Å². The third-order valence-corrected chi connectivity index (χ3v) is 3.89. The predicted molar refractivity (Wildman–Crippen MR) is 92.7 cm³/mol. The quantitative estimate of drug-likeness (QED) is 0.844. The van der Waals surface area contributed by atoms with Crippen molar-refractivity contribution in [1.29, 1.82) is 0 Å². The van der Waals surface area contributed by atoms with Gasteiger partial charge in [0, 0.05) is 25.3 Å². The molecule has 0 aliphatic heterocycles. The second kappa shape index (κ2) is 6.97. The van der Waals surface area contributed by atoms with E-state index >= 15 is 0 Å². The van der Waals surface area contributed by atoms with Crippen LogP contribution in [0.4, 0.5) is 11.4 Å². The Bertz CT molecular complexity index is 608. The summed E-state index contributed by atoms with van der Waals surface area (Å²) in [5, 5.41) is 4.25. The van der Waals surface area contributed by atoms with Gasteiger partial charge in [-0.1, -0.05) is 55.8 Å². The van der Waals surface area contributed by atoms with Gasteiger partial charge in [-0.25, -0.2) is 0 Å². The molecule has 0 unspecified atom stereocenters. The van der Waals surface area contributed by atoms with Crippen LogP contribution in [0.2, 0.25) is 5.02 Å². The molecular weight excluding hydrogens is 280 g/mol. The number of nitrogens with one attached hydrogen (secondary N) is 1. The van der Waals surface area contributed by atoms with Crippen LogP contribution in [0.5, 0.6) is 0 Å². The number of aryl methyl sites for hydroxylation is 1. The van der Waals surface area contributed by atoms with Crippen LogP contribution in [0.25, 0.3) is 0 Å². The van der Waals surface area contributed by atoms with Crippen molar-refractivity contribution < 1.29 is 0 Å². The van der Waals surface area contributed by atoms with Gasteiger partial charge in [0.2, 0.25) is 0 Å². The molecule has 0 bridgehead atoms. The van der Waals surface area contributed by atoms with Crippen molar-refractivity contribution in [3.8, 4) is 0 Å². The van der Waals surface area contributed by atoms with Crippen LogP contribution in [-0.2, 0) is 6.54 Å². The lowest BCUT2D eigenvalue weighted by atomic mass is 10.1. The molecule has 0 spiro atoms. The van der Waals surface area contributed by atoms with Crippen LogP contribution < -0.4 is 10.2 Å². The van der Waals surface area contributed by atoms with Gasteiger partial charge >= 0.3 is 0 Å². The summed E-state index contributed by atoms with van der Waals surface area (Å²) in [6.45, 7) is 7.23. The Hall–Kier alpha value is -1.51. The summed E-state index contributed by atoms with van der Waals surface area (Å²) in [7, 11) is 2.07. The van der Waals surface area contributed by atoms with Gasteiger partial charge < -0.3 is 10.2 Å². The molecule has 0 fully saturated rings. The van der Waals surface area contributed by atoms with Crippen molar-refractivity contribution in [2.75, 3.05) is 11.9 Å². The Kier molecular flexibility index (Phi) is 5.27. The van der Waals surface area contributed by atoms with Gasteiger partial charge in [0.1, 0.15) is 0 Å². The maximum atomic E-state index is 6.47. The molecule has 0 aromatic heterocycles. The number of halogens is 1. The monoisotopic (exact) mass is 302 g/mol. The molecule has 0 aliphatic rings. The lowest BCUT2D eigenvalue weighted by Gasteiger charge is -2.26. The highest BCUT2D eigenvalue weighted by Gasteiger charge is 2.14. The van der Waals surface area contributed by atoms with Crippen LogP contribution >= 0.6 is 11.6 Å². The zero-order valence-corrected chi connectivity index (χ0v) is 13.9. The molecule has 112 valence electrons. The topological polar surface area (TPSA) is 15.3 Å². The number of benzene rings is 2. The molecule has 1 N–H and O–H groups in total. The number of anilines is 2. The van der Waals surface area contributed by atoms with Gasteiger partial charge in [-0.15, -0.1) is 0 Å². The van der Waals surface area contributed by atoms with E-state index in [1.165, 1.54) is 16.8 Å². The lowest BCUT2D eigenvalue weighted by molar-refractivity contribution is 0.589. The summed E-state index contributed by atoms with van der Waals surface area (Å²) >= 11 is 6.47. The van der Waals surface area contributed by atoms with Crippen molar-refractivity contribution in [2.45, 2.75) is 33.4 Å². The minimum absolute atomic E-state index is 0.445. The van der Waals surface area contributed by atoms with Crippen molar-refractivity contribution in [2.24, 2.45) is 0 Å². The molecule has 0 saturated heterocycles. The van der Waals surface area contributed by atoms with Gasteiger partial charge in [-0.3, -0.25) is 0 Å². The first-order chi connectivity index (χ1) is 10.0. The smallest absolute Gasteiger partial charge is 0.0646 e. The molecule has 0 amide bonds. The zero-order valence-electron chi connectivity index (χ0n) is 13.2. The van der Waals surface area contributed by atoms with Gasteiger partial charge in [-0.05, 0) is 30.2 Å².